The van der Waals surface area contributed by atoms with Gasteiger partial charge in [0.05, 0.1) is 13.2 Å². The van der Waals surface area contributed by atoms with E-state index in [1.165, 1.54) is 167 Å². The van der Waals surface area contributed by atoms with Gasteiger partial charge in [-0.05, 0) is 38.8 Å². The quantitative estimate of drug-likeness (QED) is 0.0473. The van der Waals surface area contributed by atoms with Crippen LogP contribution in [0.5, 0.6) is 0 Å². The van der Waals surface area contributed by atoms with Crippen molar-refractivity contribution in [2.75, 3.05) is 26.3 Å². The van der Waals surface area contributed by atoms with E-state index in [-0.39, 0.29) is 0 Å². The maximum absolute atomic E-state index is 11.8. The first kappa shape index (κ1) is 45.2. The molecule has 0 aromatic rings. The van der Waals surface area contributed by atoms with Gasteiger partial charge in [-0.1, -0.05) is 181 Å². The number of rotatable bonds is 35. The fourth-order valence-electron chi connectivity index (χ4n) is 5.28. The molecule has 6 nitrogen and oxygen atoms in total. The largest absolute Gasteiger partial charge is 0.472 e. The molecule has 0 aliphatic heterocycles. The van der Waals surface area contributed by atoms with Gasteiger partial charge < -0.3 is 16.4 Å². The molecular formula is C36H79N2O4P. The minimum Gasteiger partial charge on any atom is -0.330 e. The van der Waals surface area contributed by atoms with E-state index < -0.39 is 7.82 Å². The minimum atomic E-state index is -3.85. The summed E-state index contributed by atoms with van der Waals surface area (Å²) in [4.78, 5) is 9.71. The van der Waals surface area contributed by atoms with Gasteiger partial charge in [-0.15, -0.1) is 0 Å². The van der Waals surface area contributed by atoms with Gasteiger partial charge in [-0.2, -0.15) is 0 Å². The molecule has 0 saturated heterocycles. The van der Waals surface area contributed by atoms with Crippen molar-refractivity contribution in [1.82, 2.24) is 0 Å². The molecule has 0 rings (SSSR count). The molecule has 0 unspecified atom stereocenters. The maximum Gasteiger partial charge on any atom is 0.472 e. The van der Waals surface area contributed by atoms with Gasteiger partial charge in [0.1, 0.15) is 0 Å². The fourth-order valence-corrected chi connectivity index (χ4v) is 6.07. The van der Waals surface area contributed by atoms with Crippen LogP contribution in [0.1, 0.15) is 206 Å². The summed E-state index contributed by atoms with van der Waals surface area (Å²) in [6, 6.07) is 0. The van der Waals surface area contributed by atoms with Gasteiger partial charge in [0.15, 0.2) is 0 Å². The normalized spacial score (nSPS) is 11.6. The van der Waals surface area contributed by atoms with Crippen molar-refractivity contribution < 1.29 is 18.5 Å². The lowest BCUT2D eigenvalue weighted by Crippen LogP contribution is -1.99. The Kier molecular flexibility index (Phi) is 42.1. The Morgan fingerprint density at radius 1 is 0.395 bits per heavy atom. The summed E-state index contributed by atoms with van der Waals surface area (Å²) in [5.41, 5.74) is 10.9. The third-order valence-corrected chi connectivity index (χ3v) is 9.18. The molecule has 0 aliphatic carbocycles. The highest BCUT2D eigenvalue weighted by Gasteiger charge is 2.19. The number of hydrogen-bond acceptors (Lipinski definition) is 5. The van der Waals surface area contributed by atoms with Crippen LogP contribution in [0.3, 0.4) is 0 Å². The van der Waals surface area contributed by atoms with Crippen molar-refractivity contribution in [3.05, 3.63) is 0 Å². The van der Waals surface area contributed by atoms with Crippen molar-refractivity contribution in [3.63, 3.8) is 0 Å². The second kappa shape index (κ2) is 40.1. The van der Waals surface area contributed by atoms with Crippen molar-refractivity contribution in [1.29, 1.82) is 0 Å². The van der Waals surface area contributed by atoms with Crippen LogP contribution in [0, 0.1) is 0 Å². The van der Waals surface area contributed by atoms with Crippen molar-refractivity contribution in [2.45, 2.75) is 206 Å². The number of phosphoric ester groups is 1. The first-order valence-corrected chi connectivity index (χ1v) is 20.6. The Hall–Kier alpha value is 0.0300. The molecule has 0 saturated carbocycles. The summed E-state index contributed by atoms with van der Waals surface area (Å²) in [6.07, 6.45) is 38.2. The van der Waals surface area contributed by atoms with E-state index in [9.17, 15) is 9.46 Å². The topological polar surface area (TPSA) is 108 Å². The van der Waals surface area contributed by atoms with Gasteiger partial charge in [-0.25, -0.2) is 4.57 Å². The Balaban J connectivity index is 0. The van der Waals surface area contributed by atoms with Gasteiger partial charge in [-0.3, -0.25) is 9.05 Å². The van der Waals surface area contributed by atoms with E-state index in [0.29, 0.717) is 13.2 Å². The van der Waals surface area contributed by atoms with Crippen LogP contribution in [0.15, 0.2) is 0 Å². The average molecular weight is 635 g/mol. The Labute approximate surface area is 270 Å². The third kappa shape index (κ3) is 44.2. The third-order valence-electron chi connectivity index (χ3n) is 8.16. The van der Waals surface area contributed by atoms with Gasteiger partial charge >= 0.3 is 7.82 Å². The molecule has 0 aromatic heterocycles. The first-order valence-electron chi connectivity index (χ1n) is 19.1. The Morgan fingerprint density at radius 3 is 0.837 bits per heavy atom. The summed E-state index contributed by atoms with van der Waals surface area (Å²) in [6.45, 7) is 6.86. The molecule has 0 radical (unpaired) electrons. The van der Waals surface area contributed by atoms with Gasteiger partial charge in [0.2, 0.25) is 0 Å². The molecule has 0 amide bonds. The maximum atomic E-state index is 11.8. The number of hydrogen-bond donors (Lipinski definition) is 3. The highest BCUT2D eigenvalue weighted by molar-refractivity contribution is 7.47. The monoisotopic (exact) mass is 635 g/mol. The molecule has 43 heavy (non-hydrogen) atoms. The Morgan fingerprint density at radius 2 is 0.605 bits per heavy atom. The second-order valence-electron chi connectivity index (χ2n) is 12.6. The molecule has 0 aromatic carbocycles. The summed E-state index contributed by atoms with van der Waals surface area (Å²) in [7, 11) is -3.85. The molecule has 0 atom stereocenters. The number of nitrogens with two attached hydrogens (primary N) is 2. The first-order chi connectivity index (χ1) is 21.0. The smallest absolute Gasteiger partial charge is 0.330 e. The molecule has 0 aliphatic rings. The average Bonchev–Trinajstić information content (AvgIpc) is 3.00. The van der Waals surface area contributed by atoms with Gasteiger partial charge in [0, 0.05) is 0 Å². The van der Waals surface area contributed by atoms with Crippen molar-refractivity contribution in [2.24, 2.45) is 11.5 Å². The molecule has 0 bridgehead atoms. The molecule has 0 spiro atoms. The summed E-state index contributed by atoms with van der Waals surface area (Å²) in [5.74, 6) is 0. The van der Waals surface area contributed by atoms with E-state index >= 15 is 0 Å². The van der Waals surface area contributed by atoms with E-state index in [1.807, 2.05) is 0 Å². The van der Waals surface area contributed by atoms with E-state index in [0.717, 1.165) is 38.8 Å². The lowest BCUT2D eigenvalue weighted by atomic mass is 10.1. The lowest BCUT2D eigenvalue weighted by molar-refractivity contribution is 0.145. The standard InChI is InChI=1S/C24H51O4P.C12H28N2/c1-3-5-7-9-11-13-15-17-19-21-23-27-29(25,26)28-24-22-20-18-16-14-12-10-8-6-4-2;13-11-9-7-5-3-1-2-4-6-8-10-12-14/h3-24H2,1-2H3,(H,25,26);1-14H2. The minimum absolute atomic E-state index is 0.322. The van der Waals surface area contributed by atoms with Crippen LogP contribution >= 0.6 is 7.82 Å². The Bertz CT molecular complexity index is 497. The van der Waals surface area contributed by atoms with Crippen LogP contribution < -0.4 is 11.5 Å². The van der Waals surface area contributed by atoms with Crippen molar-refractivity contribution >= 4 is 7.82 Å². The zero-order valence-corrected chi connectivity index (χ0v) is 30.2. The molecule has 7 heteroatoms. The molecule has 0 fully saturated rings. The predicted octanol–water partition coefficient (Wildman–Crippen LogP) is 11.8. The molecular weight excluding hydrogens is 555 g/mol. The van der Waals surface area contributed by atoms with E-state index in [1.54, 1.807) is 0 Å². The zero-order valence-electron chi connectivity index (χ0n) is 29.3. The van der Waals surface area contributed by atoms with Crippen LogP contribution in [0.2, 0.25) is 0 Å². The van der Waals surface area contributed by atoms with E-state index in [4.69, 9.17) is 20.5 Å². The van der Waals surface area contributed by atoms with Crippen LogP contribution in [0.4, 0.5) is 0 Å². The molecule has 262 valence electrons. The summed E-state index contributed by atoms with van der Waals surface area (Å²) < 4.78 is 22.0. The van der Waals surface area contributed by atoms with Crippen molar-refractivity contribution in [3.8, 4) is 0 Å². The van der Waals surface area contributed by atoms with E-state index in [2.05, 4.69) is 13.8 Å². The van der Waals surface area contributed by atoms with Gasteiger partial charge in [0.25, 0.3) is 0 Å². The lowest BCUT2D eigenvalue weighted by Gasteiger charge is -2.12. The molecule has 5 N–H and O–H groups in total. The van der Waals surface area contributed by atoms with Crippen LogP contribution in [-0.2, 0) is 13.6 Å². The fraction of sp³-hybridized carbons (Fsp3) is 1.00. The second-order valence-corrected chi connectivity index (χ2v) is 14.1. The van der Waals surface area contributed by atoms with Crippen LogP contribution in [-0.4, -0.2) is 31.2 Å². The highest BCUT2D eigenvalue weighted by atomic mass is 31.2. The zero-order chi connectivity index (χ0) is 32.0. The SMILES string of the molecule is CCCCCCCCCCCCOP(=O)(O)OCCCCCCCCCCCC.NCCCCCCCCCCCCN. The molecule has 0 heterocycles. The predicted molar refractivity (Wildman–Crippen MR) is 190 cm³/mol. The summed E-state index contributed by atoms with van der Waals surface area (Å²) >= 11 is 0. The number of unbranched alkanes of at least 4 members (excludes halogenated alkanes) is 27. The summed E-state index contributed by atoms with van der Waals surface area (Å²) in [5, 5.41) is 0. The highest BCUT2D eigenvalue weighted by Crippen LogP contribution is 2.43. The number of phosphoric acid groups is 1. The van der Waals surface area contributed by atoms with Crippen LogP contribution in [0.25, 0.3) is 0 Å².